The van der Waals surface area contributed by atoms with Crippen molar-refractivity contribution in [3.8, 4) is 0 Å². The standard InChI is InChI=1S/C7H8N2O.H2O/c8-7(10)6-3-1-2-4-9-5-6;/h1-5,9H,(H2,8,10);1H2. The van der Waals surface area contributed by atoms with E-state index in [1.807, 2.05) is 0 Å². The lowest BCUT2D eigenvalue weighted by Crippen LogP contribution is -2.13. The number of hydrogen-bond acceptors (Lipinski definition) is 2. The molecule has 0 fully saturated rings. The van der Waals surface area contributed by atoms with Crippen molar-refractivity contribution in [2.75, 3.05) is 0 Å². The Morgan fingerprint density at radius 2 is 2.18 bits per heavy atom. The molecule has 0 radical (unpaired) electrons. The summed E-state index contributed by atoms with van der Waals surface area (Å²) < 4.78 is 0. The predicted molar refractivity (Wildman–Crippen MR) is 42.3 cm³/mol. The van der Waals surface area contributed by atoms with Gasteiger partial charge in [-0.2, -0.15) is 0 Å². The Kier molecular flexibility index (Phi) is 3.69. The van der Waals surface area contributed by atoms with Gasteiger partial charge in [-0.05, 0) is 12.2 Å². The highest BCUT2D eigenvalue weighted by Gasteiger charge is 1.98. The molecule has 1 aliphatic rings. The Labute approximate surface area is 64.4 Å². The van der Waals surface area contributed by atoms with Crippen LogP contribution in [0, 0.1) is 0 Å². The zero-order valence-electron chi connectivity index (χ0n) is 5.87. The molecular formula is C7H10N2O2. The SMILES string of the molecule is NC(=O)C1=CNC=CC=C1.O. The van der Waals surface area contributed by atoms with Crippen LogP contribution in [-0.2, 0) is 4.79 Å². The number of carbonyl (C=O) groups excluding carboxylic acids is 1. The van der Waals surface area contributed by atoms with Gasteiger partial charge in [0.2, 0.25) is 5.91 Å². The molecule has 5 N–H and O–H groups in total. The maximum absolute atomic E-state index is 10.5. The fourth-order valence-electron chi connectivity index (χ4n) is 0.610. The number of carbonyl (C=O) groups is 1. The molecule has 0 bridgehead atoms. The van der Waals surface area contributed by atoms with Crippen LogP contribution in [0.15, 0.2) is 36.2 Å². The van der Waals surface area contributed by atoms with Crippen LogP contribution in [0.5, 0.6) is 0 Å². The van der Waals surface area contributed by atoms with Crippen LogP contribution >= 0.6 is 0 Å². The molecule has 1 rings (SSSR count). The average molecular weight is 154 g/mol. The number of nitrogens with one attached hydrogen (secondary N) is 1. The van der Waals surface area contributed by atoms with Crippen LogP contribution in [0.25, 0.3) is 0 Å². The molecule has 0 aromatic rings. The smallest absolute Gasteiger partial charge is 0.250 e. The summed E-state index contributed by atoms with van der Waals surface area (Å²) in [6, 6.07) is 0. The second-order valence-corrected chi connectivity index (χ2v) is 1.85. The zero-order chi connectivity index (χ0) is 7.40. The van der Waals surface area contributed by atoms with Gasteiger partial charge >= 0.3 is 0 Å². The molecule has 0 aromatic carbocycles. The molecular weight excluding hydrogens is 144 g/mol. The van der Waals surface area contributed by atoms with Crippen molar-refractivity contribution in [3.05, 3.63) is 36.2 Å². The van der Waals surface area contributed by atoms with E-state index in [1.54, 1.807) is 30.6 Å². The third-order valence-corrected chi connectivity index (χ3v) is 1.10. The number of amides is 1. The average Bonchev–Trinajstić information content (AvgIpc) is 2.12. The highest BCUT2D eigenvalue weighted by Crippen LogP contribution is 1.96. The van der Waals surface area contributed by atoms with Crippen molar-refractivity contribution in [3.63, 3.8) is 0 Å². The lowest BCUT2D eigenvalue weighted by Gasteiger charge is -1.91. The number of nitrogens with two attached hydrogens (primary N) is 1. The van der Waals surface area contributed by atoms with Crippen molar-refractivity contribution < 1.29 is 10.3 Å². The van der Waals surface area contributed by atoms with Gasteiger partial charge in [0.15, 0.2) is 0 Å². The van der Waals surface area contributed by atoms with Crippen molar-refractivity contribution in [2.24, 2.45) is 5.73 Å². The molecule has 4 heteroatoms. The quantitative estimate of drug-likeness (QED) is 0.518. The van der Waals surface area contributed by atoms with Crippen molar-refractivity contribution in [1.82, 2.24) is 5.32 Å². The lowest BCUT2D eigenvalue weighted by atomic mass is 10.2. The number of hydrogen-bond donors (Lipinski definition) is 2. The van der Waals surface area contributed by atoms with Gasteiger partial charge in [-0.3, -0.25) is 4.79 Å². The van der Waals surface area contributed by atoms with Crippen LogP contribution in [0.3, 0.4) is 0 Å². The zero-order valence-corrected chi connectivity index (χ0v) is 5.87. The van der Waals surface area contributed by atoms with Crippen LogP contribution in [0.2, 0.25) is 0 Å². The molecule has 4 nitrogen and oxygen atoms in total. The lowest BCUT2D eigenvalue weighted by molar-refractivity contribution is -0.114. The topological polar surface area (TPSA) is 86.6 Å². The molecule has 1 heterocycles. The molecule has 0 atom stereocenters. The van der Waals surface area contributed by atoms with Gasteiger partial charge < -0.3 is 16.5 Å². The monoisotopic (exact) mass is 154 g/mol. The van der Waals surface area contributed by atoms with E-state index in [4.69, 9.17) is 5.73 Å². The maximum Gasteiger partial charge on any atom is 0.250 e. The van der Waals surface area contributed by atoms with E-state index in [2.05, 4.69) is 5.32 Å². The fourth-order valence-corrected chi connectivity index (χ4v) is 0.610. The van der Waals surface area contributed by atoms with Gasteiger partial charge in [0.05, 0.1) is 5.57 Å². The van der Waals surface area contributed by atoms with E-state index in [0.717, 1.165) is 0 Å². The molecule has 60 valence electrons. The number of primary amides is 1. The van der Waals surface area contributed by atoms with Crippen LogP contribution < -0.4 is 11.1 Å². The largest absolute Gasteiger partial charge is 0.412 e. The van der Waals surface area contributed by atoms with Gasteiger partial charge in [0, 0.05) is 12.4 Å². The molecule has 0 saturated heterocycles. The summed E-state index contributed by atoms with van der Waals surface area (Å²) in [4.78, 5) is 10.5. The summed E-state index contributed by atoms with van der Waals surface area (Å²) in [5, 5.41) is 2.77. The summed E-state index contributed by atoms with van der Waals surface area (Å²) >= 11 is 0. The van der Waals surface area contributed by atoms with Crippen molar-refractivity contribution >= 4 is 5.91 Å². The summed E-state index contributed by atoms with van der Waals surface area (Å²) in [6.07, 6.45) is 8.46. The molecule has 1 aliphatic heterocycles. The van der Waals surface area contributed by atoms with E-state index < -0.39 is 5.91 Å². The highest BCUT2D eigenvalue weighted by atomic mass is 16.1. The molecule has 0 aliphatic carbocycles. The Bertz CT molecular complexity index is 229. The Balaban J connectivity index is 0.000001000. The Morgan fingerprint density at radius 1 is 1.45 bits per heavy atom. The Morgan fingerprint density at radius 3 is 2.82 bits per heavy atom. The normalized spacial score (nSPS) is 14.0. The van der Waals surface area contributed by atoms with E-state index in [1.165, 1.54) is 0 Å². The summed E-state index contributed by atoms with van der Waals surface area (Å²) in [6.45, 7) is 0. The van der Waals surface area contributed by atoms with Gasteiger partial charge in [0.25, 0.3) is 0 Å². The van der Waals surface area contributed by atoms with Crippen molar-refractivity contribution in [2.45, 2.75) is 0 Å². The van der Waals surface area contributed by atoms with Crippen LogP contribution in [0.4, 0.5) is 0 Å². The highest BCUT2D eigenvalue weighted by molar-refractivity contribution is 5.94. The second-order valence-electron chi connectivity index (χ2n) is 1.85. The number of rotatable bonds is 1. The maximum atomic E-state index is 10.5. The molecule has 11 heavy (non-hydrogen) atoms. The fraction of sp³-hybridized carbons (Fsp3) is 0. The molecule has 0 spiro atoms. The van der Waals surface area contributed by atoms with Gasteiger partial charge in [-0.1, -0.05) is 6.08 Å². The first-order chi connectivity index (χ1) is 4.80. The minimum absolute atomic E-state index is 0. The first-order valence-electron chi connectivity index (χ1n) is 2.90. The third-order valence-electron chi connectivity index (χ3n) is 1.10. The van der Waals surface area contributed by atoms with Crippen molar-refractivity contribution in [1.29, 1.82) is 0 Å². The predicted octanol–water partition coefficient (Wildman–Crippen LogP) is -0.796. The van der Waals surface area contributed by atoms with Crippen LogP contribution in [-0.4, -0.2) is 11.4 Å². The van der Waals surface area contributed by atoms with Gasteiger partial charge in [-0.25, -0.2) is 0 Å². The number of allylic oxidation sites excluding steroid dienone is 2. The minimum atomic E-state index is -0.424. The molecule has 1 amide bonds. The molecule has 0 aromatic heterocycles. The van der Waals surface area contributed by atoms with E-state index >= 15 is 0 Å². The first kappa shape index (κ1) is 9.45. The van der Waals surface area contributed by atoms with Crippen LogP contribution in [0.1, 0.15) is 0 Å². The van der Waals surface area contributed by atoms with Gasteiger partial charge in [-0.15, -0.1) is 0 Å². The third kappa shape index (κ3) is 2.68. The first-order valence-corrected chi connectivity index (χ1v) is 2.90. The second kappa shape index (κ2) is 4.29. The summed E-state index contributed by atoms with van der Waals surface area (Å²) in [7, 11) is 0. The Hall–Kier alpha value is -1.55. The van der Waals surface area contributed by atoms with E-state index in [-0.39, 0.29) is 5.48 Å². The molecule has 0 saturated carbocycles. The van der Waals surface area contributed by atoms with E-state index in [0.29, 0.717) is 5.57 Å². The summed E-state index contributed by atoms with van der Waals surface area (Å²) in [5.41, 5.74) is 5.49. The van der Waals surface area contributed by atoms with E-state index in [9.17, 15) is 4.79 Å². The van der Waals surface area contributed by atoms with Gasteiger partial charge in [0.1, 0.15) is 0 Å². The minimum Gasteiger partial charge on any atom is -0.412 e. The molecule has 0 unspecified atom stereocenters. The summed E-state index contributed by atoms with van der Waals surface area (Å²) in [5.74, 6) is -0.424.